The summed E-state index contributed by atoms with van der Waals surface area (Å²) in [6, 6.07) is 4.86. The van der Waals surface area contributed by atoms with Crippen molar-refractivity contribution in [3.05, 3.63) is 23.9 Å². The molecule has 0 unspecified atom stereocenters. The van der Waals surface area contributed by atoms with Crippen molar-refractivity contribution in [2.45, 2.75) is 25.9 Å². The summed E-state index contributed by atoms with van der Waals surface area (Å²) in [7, 11) is 0. The molecule has 5 heteroatoms. The maximum absolute atomic E-state index is 5.38. The Morgan fingerprint density at radius 1 is 1.29 bits per heavy atom. The molecule has 1 aromatic rings. The summed E-state index contributed by atoms with van der Waals surface area (Å²) in [6.45, 7) is 10.7. The highest BCUT2D eigenvalue weighted by atomic mass is 16.5. The summed E-state index contributed by atoms with van der Waals surface area (Å²) in [5, 5.41) is 3.46. The molecule has 1 N–H and O–H groups in total. The molecular weight excluding hydrogens is 264 g/mol. The topological polar surface area (TPSA) is 40.6 Å². The zero-order chi connectivity index (χ0) is 14.5. The van der Waals surface area contributed by atoms with E-state index < -0.39 is 0 Å². The molecule has 2 aliphatic rings. The van der Waals surface area contributed by atoms with Crippen LogP contribution in [0, 0.1) is 0 Å². The second kappa shape index (κ2) is 7.20. The van der Waals surface area contributed by atoms with Crippen LogP contribution < -0.4 is 10.1 Å². The van der Waals surface area contributed by atoms with E-state index in [2.05, 4.69) is 26.2 Å². The molecule has 116 valence electrons. The molecule has 5 nitrogen and oxygen atoms in total. The Morgan fingerprint density at radius 3 is 2.76 bits per heavy atom. The van der Waals surface area contributed by atoms with Gasteiger partial charge in [-0.15, -0.1) is 0 Å². The molecule has 0 aromatic carbocycles. The minimum absolute atomic E-state index is 0.671. The first-order valence-corrected chi connectivity index (χ1v) is 8.10. The van der Waals surface area contributed by atoms with Gasteiger partial charge in [0.25, 0.3) is 0 Å². The summed E-state index contributed by atoms with van der Waals surface area (Å²) in [6.07, 6.45) is 3.25. The van der Waals surface area contributed by atoms with E-state index in [1.807, 2.05) is 19.2 Å². The SMILES string of the molecule is CCOc1ccc(CN2CCN([C@H]3CCNC3)CC2)cn1. The fourth-order valence-electron chi connectivity index (χ4n) is 3.23. The van der Waals surface area contributed by atoms with Crippen molar-refractivity contribution >= 4 is 0 Å². The Labute approximate surface area is 127 Å². The lowest BCUT2D eigenvalue weighted by atomic mass is 10.1. The fourth-order valence-corrected chi connectivity index (χ4v) is 3.23. The van der Waals surface area contributed by atoms with E-state index in [0.29, 0.717) is 6.61 Å². The molecular formula is C16H26N4O. The first-order chi connectivity index (χ1) is 10.3. The predicted molar refractivity (Wildman–Crippen MR) is 83.5 cm³/mol. The van der Waals surface area contributed by atoms with E-state index >= 15 is 0 Å². The van der Waals surface area contributed by atoms with E-state index in [4.69, 9.17) is 4.74 Å². The van der Waals surface area contributed by atoms with Crippen molar-refractivity contribution in [2.75, 3.05) is 45.9 Å². The second-order valence-corrected chi connectivity index (χ2v) is 5.90. The molecule has 2 saturated heterocycles. The van der Waals surface area contributed by atoms with Crippen LogP contribution in [0.25, 0.3) is 0 Å². The smallest absolute Gasteiger partial charge is 0.213 e. The lowest BCUT2D eigenvalue weighted by Gasteiger charge is -2.37. The van der Waals surface area contributed by atoms with Crippen LogP contribution in [0.1, 0.15) is 18.9 Å². The minimum Gasteiger partial charge on any atom is -0.478 e. The van der Waals surface area contributed by atoms with Gasteiger partial charge in [-0.05, 0) is 25.5 Å². The average Bonchev–Trinajstić information content (AvgIpc) is 3.05. The summed E-state index contributed by atoms with van der Waals surface area (Å²) in [5.41, 5.74) is 1.27. The Morgan fingerprint density at radius 2 is 2.14 bits per heavy atom. The quantitative estimate of drug-likeness (QED) is 0.875. The Kier molecular flexibility index (Phi) is 5.06. The molecule has 3 heterocycles. The maximum atomic E-state index is 5.38. The zero-order valence-electron chi connectivity index (χ0n) is 12.9. The van der Waals surface area contributed by atoms with E-state index in [9.17, 15) is 0 Å². The van der Waals surface area contributed by atoms with E-state index in [-0.39, 0.29) is 0 Å². The normalized spacial score (nSPS) is 24.3. The molecule has 1 aromatic heterocycles. The van der Waals surface area contributed by atoms with Gasteiger partial charge in [-0.2, -0.15) is 0 Å². The van der Waals surface area contributed by atoms with Gasteiger partial charge >= 0.3 is 0 Å². The van der Waals surface area contributed by atoms with Gasteiger partial charge < -0.3 is 10.1 Å². The number of hydrogen-bond acceptors (Lipinski definition) is 5. The predicted octanol–water partition coefficient (Wildman–Crippen LogP) is 0.960. The monoisotopic (exact) mass is 290 g/mol. The molecule has 0 spiro atoms. The second-order valence-electron chi connectivity index (χ2n) is 5.90. The average molecular weight is 290 g/mol. The van der Waals surface area contributed by atoms with Crippen molar-refractivity contribution in [2.24, 2.45) is 0 Å². The van der Waals surface area contributed by atoms with Crippen LogP contribution >= 0.6 is 0 Å². The third-order valence-corrected chi connectivity index (χ3v) is 4.45. The van der Waals surface area contributed by atoms with Crippen molar-refractivity contribution in [1.29, 1.82) is 0 Å². The van der Waals surface area contributed by atoms with Gasteiger partial charge in [0, 0.05) is 57.6 Å². The number of hydrogen-bond donors (Lipinski definition) is 1. The van der Waals surface area contributed by atoms with Crippen molar-refractivity contribution in [1.82, 2.24) is 20.1 Å². The number of piperazine rings is 1. The van der Waals surface area contributed by atoms with Gasteiger partial charge in [0.1, 0.15) is 0 Å². The summed E-state index contributed by atoms with van der Waals surface area (Å²) >= 11 is 0. The standard InChI is InChI=1S/C16H26N4O/c1-2-21-16-4-3-14(11-18-16)13-19-7-9-20(10-8-19)15-5-6-17-12-15/h3-4,11,15,17H,2,5-10,12-13H2,1H3/t15-/m0/s1. The molecule has 2 fully saturated rings. The first kappa shape index (κ1) is 14.8. The number of nitrogens with one attached hydrogen (secondary N) is 1. The highest BCUT2D eigenvalue weighted by Gasteiger charge is 2.25. The lowest BCUT2D eigenvalue weighted by Crippen LogP contribution is -2.50. The molecule has 3 rings (SSSR count). The fraction of sp³-hybridized carbons (Fsp3) is 0.688. The third-order valence-electron chi connectivity index (χ3n) is 4.45. The molecule has 0 aliphatic carbocycles. The van der Waals surface area contributed by atoms with Crippen LogP contribution in [-0.4, -0.2) is 66.7 Å². The molecule has 0 amide bonds. The Hall–Kier alpha value is -1.17. The van der Waals surface area contributed by atoms with Crippen LogP contribution in [0.3, 0.4) is 0 Å². The van der Waals surface area contributed by atoms with Crippen LogP contribution in [0.5, 0.6) is 5.88 Å². The van der Waals surface area contributed by atoms with E-state index in [0.717, 1.165) is 31.6 Å². The van der Waals surface area contributed by atoms with E-state index in [1.54, 1.807) is 0 Å². The van der Waals surface area contributed by atoms with Crippen LogP contribution in [0.15, 0.2) is 18.3 Å². The van der Waals surface area contributed by atoms with Gasteiger partial charge in [0.05, 0.1) is 6.61 Å². The highest BCUT2D eigenvalue weighted by Crippen LogP contribution is 2.14. The molecule has 2 aliphatic heterocycles. The Bertz CT molecular complexity index is 422. The molecule has 0 bridgehead atoms. The van der Waals surface area contributed by atoms with Gasteiger partial charge in [0.15, 0.2) is 0 Å². The minimum atomic E-state index is 0.671. The number of rotatable bonds is 5. The maximum Gasteiger partial charge on any atom is 0.213 e. The van der Waals surface area contributed by atoms with Crippen molar-refractivity contribution in [3.8, 4) is 5.88 Å². The lowest BCUT2D eigenvalue weighted by molar-refractivity contribution is 0.0980. The molecule has 1 atom stereocenters. The molecule has 0 radical (unpaired) electrons. The largest absolute Gasteiger partial charge is 0.478 e. The summed E-state index contributed by atoms with van der Waals surface area (Å²) in [5.74, 6) is 0.722. The zero-order valence-corrected chi connectivity index (χ0v) is 12.9. The third kappa shape index (κ3) is 3.93. The van der Waals surface area contributed by atoms with Crippen molar-refractivity contribution < 1.29 is 4.74 Å². The van der Waals surface area contributed by atoms with Crippen LogP contribution in [0.2, 0.25) is 0 Å². The van der Waals surface area contributed by atoms with Crippen molar-refractivity contribution in [3.63, 3.8) is 0 Å². The number of ether oxygens (including phenoxy) is 1. The van der Waals surface area contributed by atoms with E-state index in [1.165, 1.54) is 38.2 Å². The van der Waals surface area contributed by atoms with Gasteiger partial charge in [0.2, 0.25) is 5.88 Å². The van der Waals surface area contributed by atoms with Gasteiger partial charge in [-0.3, -0.25) is 9.80 Å². The molecule has 21 heavy (non-hydrogen) atoms. The van der Waals surface area contributed by atoms with Gasteiger partial charge in [-0.1, -0.05) is 6.07 Å². The summed E-state index contributed by atoms with van der Waals surface area (Å²) < 4.78 is 5.38. The number of pyridine rings is 1. The van der Waals surface area contributed by atoms with Crippen LogP contribution in [0.4, 0.5) is 0 Å². The summed E-state index contributed by atoms with van der Waals surface area (Å²) in [4.78, 5) is 9.51. The number of aromatic nitrogens is 1. The van der Waals surface area contributed by atoms with Gasteiger partial charge in [-0.25, -0.2) is 4.98 Å². The first-order valence-electron chi connectivity index (χ1n) is 8.10. The Balaban J connectivity index is 1.46. The number of nitrogens with zero attached hydrogens (tertiary/aromatic N) is 3. The molecule has 0 saturated carbocycles. The highest BCUT2D eigenvalue weighted by molar-refractivity contribution is 5.17. The van der Waals surface area contributed by atoms with Crippen LogP contribution in [-0.2, 0) is 6.54 Å².